The topological polar surface area (TPSA) is 65.0 Å². The molecule has 5 nitrogen and oxygen atoms in total. The maximum atomic E-state index is 10.9. The third-order valence-electron chi connectivity index (χ3n) is 4.53. The van der Waals surface area contributed by atoms with E-state index in [1.165, 1.54) is 0 Å². The second-order valence-electron chi connectivity index (χ2n) is 5.82. The van der Waals surface area contributed by atoms with Gasteiger partial charge in [-0.3, -0.25) is 0 Å². The molecule has 1 aromatic carbocycles. The van der Waals surface area contributed by atoms with Crippen molar-refractivity contribution in [2.45, 2.75) is 18.4 Å². The summed E-state index contributed by atoms with van der Waals surface area (Å²) >= 11 is 0. The lowest BCUT2D eigenvalue weighted by Gasteiger charge is -2.39. The molecule has 0 amide bonds. The van der Waals surface area contributed by atoms with Crippen molar-refractivity contribution in [2.24, 2.45) is 0 Å². The lowest BCUT2D eigenvalue weighted by molar-refractivity contribution is 0.0117. The van der Waals surface area contributed by atoms with Crippen molar-refractivity contribution in [1.29, 1.82) is 0 Å². The first kappa shape index (κ1) is 13.3. The predicted octanol–water partition coefficient (Wildman–Crippen LogP) is 2.45. The second kappa shape index (κ2) is 5.10. The summed E-state index contributed by atoms with van der Waals surface area (Å²) in [5, 5.41) is 11.9. The number of hydrogen-bond acceptors (Lipinski definition) is 4. The number of piperidine rings is 1. The second-order valence-corrected chi connectivity index (χ2v) is 5.82. The molecular weight excluding hydrogens is 276 g/mol. The summed E-state index contributed by atoms with van der Waals surface area (Å²) in [6.07, 6.45) is 4.87. The minimum atomic E-state index is -0.734. The van der Waals surface area contributed by atoms with Gasteiger partial charge in [0.1, 0.15) is 17.8 Å². The predicted molar refractivity (Wildman–Crippen MR) is 85.7 cm³/mol. The first-order valence-corrected chi connectivity index (χ1v) is 7.57. The fourth-order valence-electron chi connectivity index (χ4n) is 3.24. The van der Waals surface area contributed by atoms with Crippen molar-refractivity contribution >= 4 is 16.9 Å². The average Bonchev–Trinajstić information content (AvgIpc) is 3.05. The van der Waals surface area contributed by atoms with Crippen molar-refractivity contribution in [3.8, 4) is 0 Å². The lowest BCUT2D eigenvalue weighted by Crippen LogP contribution is -2.43. The zero-order valence-corrected chi connectivity index (χ0v) is 12.2. The maximum absolute atomic E-state index is 10.9. The van der Waals surface area contributed by atoms with Crippen molar-refractivity contribution in [3.63, 3.8) is 0 Å². The van der Waals surface area contributed by atoms with Gasteiger partial charge in [0.05, 0.1) is 11.0 Å². The Hall–Kier alpha value is -2.40. The van der Waals surface area contributed by atoms with E-state index in [-0.39, 0.29) is 0 Å². The Bertz CT molecular complexity index is 775. The van der Waals surface area contributed by atoms with Crippen LogP contribution in [-0.4, -0.2) is 33.1 Å². The van der Waals surface area contributed by atoms with Gasteiger partial charge in [-0.2, -0.15) is 0 Å². The van der Waals surface area contributed by atoms with Crippen LogP contribution in [0.2, 0.25) is 0 Å². The summed E-state index contributed by atoms with van der Waals surface area (Å²) in [6.45, 7) is 1.56. The van der Waals surface area contributed by atoms with Gasteiger partial charge < -0.3 is 15.0 Å². The van der Waals surface area contributed by atoms with E-state index in [2.05, 4.69) is 19.9 Å². The van der Waals surface area contributed by atoms with E-state index in [0.717, 1.165) is 35.5 Å². The van der Waals surface area contributed by atoms with Crippen LogP contribution in [0.1, 0.15) is 18.4 Å². The van der Waals surface area contributed by atoms with Gasteiger partial charge in [-0.15, -0.1) is 0 Å². The van der Waals surface area contributed by atoms with Crippen LogP contribution in [-0.2, 0) is 5.60 Å². The summed E-state index contributed by atoms with van der Waals surface area (Å²) in [6, 6.07) is 11.9. The van der Waals surface area contributed by atoms with Crippen LogP contribution >= 0.6 is 0 Å². The zero-order valence-electron chi connectivity index (χ0n) is 12.2. The minimum Gasteiger partial charge on any atom is -0.385 e. The number of aliphatic hydroxyl groups is 1. The molecule has 0 saturated carbocycles. The third-order valence-corrected chi connectivity index (χ3v) is 4.53. The Morgan fingerprint density at radius 3 is 2.59 bits per heavy atom. The number of nitrogens with zero attached hydrogens (tertiary/aromatic N) is 3. The van der Waals surface area contributed by atoms with E-state index in [0.29, 0.717) is 12.8 Å². The molecule has 3 aromatic rings. The van der Waals surface area contributed by atoms with Gasteiger partial charge in [0, 0.05) is 19.3 Å². The van der Waals surface area contributed by atoms with E-state index in [1.54, 1.807) is 6.33 Å². The van der Waals surface area contributed by atoms with Gasteiger partial charge in [-0.1, -0.05) is 30.3 Å². The molecule has 0 radical (unpaired) electrons. The molecule has 1 aliphatic heterocycles. The van der Waals surface area contributed by atoms with Crippen LogP contribution in [0.4, 0.5) is 5.82 Å². The van der Waals surface area contributed by atoms with Gasteiger partial charge in [0.15, 0.2) is 0 Å². The Kier molecular flexibility index (Phi) is 3.08. The number of anilines is 1. The van der Waals surface area contributed by atoms with E-state index in [1.807, 2.05) is 42.6 Å². The summed E-state index contributed by atoms with van der Waals surface area (Å²) in [5.74, 6) is 0.946. The van der Waals surface area contributed by atoms with Gasteiger partial charge in [-0.25, -0.2) is 9.97 Å². The number of hydrogen-bond donors (Lipinski definition) is 2. The lowest BCUT2D eigenvalue weighted by atomic mass is 9.84. The molecule has 5 heteroatoms. The zero-order chi connectivity index (χ0) is 15.0. The smallest absolute Gasteiger partial charge is 0.142 e. The SMILES string of the molecule is OC1(c2ccccc2)CCN(c2ncnc3[nH]ccc23)CC1. The fourth-order valence-corrected chi connectivity index (χ4v) is 3.24. The Morgan fingerprint density at radius 2 is 1.82 bits per heavy atom. The molecule has 0 aliphatic carbocycles. The van der Waals surface area contributed by atoms with E-state index < -0.39 is 5.60 Å². The van der Waals surface area contributed by atoms with E-state index in [4.69, 9.17) is 0 Å². The number of benzene rings is 1. The molecule has 2 N–H and O–H groups in total. The van der Waals surface area contributed by atoms with Gasteiger partial charge in [0.25, 0.3) is 0 Å². The molecule has 1 aliphatic rings. The summed E-state index contributed by atoms with van der Waals surface area (Å²) < 4.78 is 0. The standard InChI is InChI=1S/C17H18N4O/c22-17(13-4-2-1-3-5-13)7-10-21(11-8-17)16-14-6-9-18-15(14)19-12-20-16/h1-6,9,12,22H,7-8,10-11H2,(H,18,19,20). The first-order chi connectivity index (χ1) is 10.8. The number of H-pyrrole nitrogens is 1. The highest BCUT2D eigenvalue weighted by atomic mass is 16.3. The number of nitrogens with one attached hydrogen (secondary N) is 1. The van der Waals surface area contributed by atoms with Gasteiger partial charge in [-0.05, 0) is 24.5 Å². The van der Waals surface area contributed by atoms with Crippen LogP contribution in [0.5, 0.6) is 0 Å². The molecule has 112 valence electrons. The molecule has 3 heterocycles. The summed E-state index contributed by atoms with van der Waals surface area (Å²) in [4.78, 5) is 14.0. The molecule has 1 saturated heterocycles. The van der Waals surface area contributed by atoms with E-state index >= 15 is 0 Å². The highest BCUT2D eigenvalue weighted by molar-refractivity contribution is 5.87. The minimum absolute atomic E-state index is 0.701. The molecule has 0 bridgehead atoms. The van der Waals surface area contributed by atoms with Crippen LogP contribution in [0.25, 0.3) is 11.0 Å². The highest BCUT2D eigenvalue weighted by Gasteiger charge is 2.34. The molecule has 0 spiro atoms. The van der Waals surface area contributed by atoms with Crippen molar-refractivity contribution in [3.05, 3.63) is 54.5 Å². The fraction of sp³-hybridized carbons (Fsp3) is 0.294. The first-order valence-electron chi connectivity index (χ1n) is 7.57. The number of aromatic nitrogens is 3. The Labute approximate surface area is 128 Å². The van der Waals surface area contributed by atoms with Crippen molar-refractivity contribution < 1.29 is 5.11 Å². The Balaban J connectivity index is 1.58. The summed E-state index contributed by atoms with van der Waals surface area (Å²) in [7, 11) is 0. The number of fused-ring (bicyclic) bond motifs is 1. The number of rotatable bonds is 2. The number of aromatic amines is 1. The van der Waals surface area contributed by atoms with Crippen molar-refractivity contribution in [1.82, 2.24) is 15.0 Å². The highest BCUT2D eigenvalue weighted by Crippen LogP contribution is 2.35. The molecule has 1 fully saturated rings. The van der Waals surface area contributed by atoms with E-state index in [9.17, 15) is 5.11 Å². The van der Waals surface area contributed by atoms with Gasteiger partial charge in [0.2, 0.25) is 0 Å². The largest absolute Gasteiger partial charge is 0.385 e. The quantitative estimate of drug-likeness (QED) is 0.762. The normalized spacial score (nSPS) is 17.8. The molecule has 0 atom stereocenters. The van der Waals surface area contributed by atoms with Crippen molar-refractivity contribution in [2.75, 3.05) is 18.0 Å². The third kappa shape index (κ3) is 2.14. The monoisotopic (exact) mass is 294 g/mol. The average molecular weight is 294 g/mol. The van der Waals surface area contributed by atoms with Gasteiger partial charge >= 0.3 is 0 Å². The maximum Gasteiger partial charge on any atom is 0.142 e. The Morgan fingerprint density at radius 1 is 1.05 bits per heavy atom. The van der Waals surface area contributed by atoms with Crippen LogP contribution in [0.3, 0.4) is 0 Å². The molecule has 22 heavy (non-hydrogen) atoms. The molecule has 2 aromatic heterocycles. The van der Waals surface area contributed by atoms with Crippen LogP contribution < -0.4 is 4.90 Å². The molecule has 0 unspecified atom stereocenters. The van der Waals surface area contributed by atoms with Crippen LogP contribution in [0.15, 0.2) is 48.9 Å². The molecular formula is C17H18N4O. The molecule has 4 rings (SSSR count). The van der Waals surface area contributed by atoms with Crippen LogP contribution in [0, 0.1) is 0 Å². The summed E-state index contributed by atoms with van der Waals surface area (Å²) in [5.41, 5.74) is 1.13.